The van der Waals surface area contributed by atoms with E-state index in [4.69, 9.17) is 17.3 Å². The molecule has 1 atom stereocenters. The molecule has 0 saturated heterocycles. The van der Waals surface area contributed by atoms with Gasteiger partial charge in [-0.05, 0) is 36.5 Å². The Balaban J connectivity index is 1.86. The van der Waals surface area contributed by atoms with Gasteiger partial charge in [0.05, 0.1) is 5.02 Å². The van der Waals surface area contributed by atoms with E-state index in [9.17, 15) is 0 Å². The largest absolute Gasteiger partial charge is 0.324 e. The van der Waals surface area contributed by atoms with Gasteiger partial charge in [0.2, 0.25) is 0 Å². The molecule has 0 saturated carbocycles. The average Bonchev–Trinajstić information content (AvgIpc) is 2.40. The first-order valence-electron chi connectivity index (χ1n) is 6.16. The van der Waals surface area contributed by atoms with Crippen LogP contribution in [0.5, 0.6) is 0 Å². The highest BCUT2D eigenvalue weighted by Crippen LogP contribution is 2.23. The van der Waals surface area contributed by atoms with Crippen LogP contribution in [0.2, 0.25) is 5.02 Å². The molecule has 0 aliphatic heterocycles. The molecule has 2 aromatic rings. The van der Waals surface area contributed by atoms with E-state index < -0.39 is 0 Å². The number of benzene rings is 1. The maximum absolute atomic E-state index is 6.15. The zero-order valence-electron chi connectivity index (χ0n) is 10.2. The van der Waals surface area contributed by atoms with Gasteiger partial charge in [0, 0.05) is 18.4 Å². The Morgan fingerprint density at radius 2 is 1.94 bits per heavy atom. The van der Waals surface area contributed by atoms with E-state index in [1.54, 1.807) is 12.4 Å². The van der Waals surface area contributed by atoms with Crippen molar-refractivity contribution in [3.05, 3.63) is 64.9 Å². The molecule has 0 spiro atoms. The summed E-state index contributed by atoms with van der Waals surface area (Å²) in [6.07, 6.45) is 6.42. The maximum Gasteiger partial charge on any atom is 0.0637 e. The van der Waals surface area contributed by atoms with Crippen molar-refractivity contribution in [3.63, 3.8) is 0 Å². The minimum Gasteiger partial charge on any atom is -0.324 e. The molecule has 1 aromatic heterocycles. The summed E-state index contributed by atoms with van der Waals surface area (Å²) in [5.41, 5.74) is 8.49. The summed E-state index contributed by atoms with van der Waals surface area (Å²) in [7, 11) is 0. The van der Waals surface area contributed by atoms with E-state index in [2.05, 4.69) is 29.2 Å². The molecule has 2 nitrogen and oxygen atoms in total. The normalized spacial score (nSPS) is 12.3. The summed E-state index contributed by atoms with van der Waals surface area (Å²) in [6, 6.07) is 12.3. The Bertz CT molecular complexity index is 485. The Hall–Kier alpha value is -1.38. The lowest BCUT2D eigenvalue weighted by Gasteiger charge is -2.13. The lowest BCUT2D eigenvalue weighted by Crippen LogP contribution is -2.11. The van der Waals surface area contributed by atoms with Crippen LogP contribution in [0.4, 0.5) is 0 Å². The van der Waals surface area contributed by atoms with Crippen LogP contribution in [0.25, 0.3) is 0 Å². The number of halogens is 1. The van der Waals surface area contributed by atoms with Crippen LogP contribution >= 0.6 is 11.6 Å². The predicted molar refractivity (Wildman–Crippen MR) is 75.6 cm³/mol. The molecule has 18 heavy (non-hydrogen) atoms. The van der Waals surface area contributed by atoms with Crippen molar-refractivity contribution in [3.8, 4) is 0 Å². The summed E-state index contributed by atoms with van der Waals surface area (Å²) in [4.78, 5) is 3.97. The topological polar surface area (TPSA) is 38.9 Å². The van der Waals surface area contributed by atoms with Crippen molar-refractivity contribution in [1.29, 1.82) is 0 Å². The molecule has 0 fully saturated rings. The third kappa shape index (κ3) is 3.56. The van der Waals surface area contributed by atoms with Crippen LogP contribution in [0.1, 0.15) is 30.0 Å². The number of hydrogen-bond donors (Lipinski definition) is 1. The Morgan fingerprint density at radius 3 is 2.67 bits per heavy atom. The van der Waals surface area contributed by atoms with Crippen molar-refractivity contribution in [1.82, 2.24) is 4.98 Å². The molecule has 94 valence electrons. The molecule has 2 rings (SSSR count). The summed E-state index contributed by atoms with van der Waals surface area (Å²) < 4.78 is 0. The molecule has 0 radical (unpaired) electrons. The van der Waals surface area contributed by atoms with E-state index in [1.165, 1.54) is 5.56 Å². The van der Waals surface area contributed by atoms with Crippen LogP contribution < -0.4 is 5.73 Å². The summed E-state index contributed by atoms with van der Waals surface area (Å²) >= 11 is 6.07. The van der Waals surface area contributed by atoms with Crippen molar-refractivity contribution < 1.29 is 0 Å². The third-order valence-electron chi connectivity index (χ3n) is 3.03. The van der Waals surface area contributed by atoms with Gasteiger partial charge in [0.25, 0.3) is 0 Å². The predicted octanol–water partition coefficient (Wildman–Crippen LogP) is 3.76. The average molecular weight is 261 g/mol. The molecule has 0 amide bonds. The van der Waals surface area contributed by atoms with Gasteiger partial charge < -0.3 is 5.73 Å². The Kier molecular flexibility index (Phi) is 4.73. The zero-order valence-corrected chi connectivity index (χ0v) is 11.0. The lowest BCUT2D eigenvalue weighted by molar-refractivity contribution is 0.611. The lowest BCUT2D eigenvalue weighted by atomic mass is 10.0. The van der Waals surface area contributed by atoms with Crippen molar-refractivity contribution in [2.45, 2.75) is 25.3 Å². The monoisotopic (exact) mass is 260 g/mol. The smallest absolute Gasteiger partial charge is 0.0637 e. The van der Waals surface area contributed by atoms with Crippen molar-refractivity contribution in [2.24, 2.45) is 5.73 Å². The fraction of sp³-hybridized carbons (Fsp3) is 0.267. The number of aromatic nitrogens is 1. The number of rotatable bonds is 5. The quantitative estimate of drug-likeness (QED) is 0.889. The van der Waals surface area contributed by atoms with Gasteiger partial charge in [0.15, 0.2) is 0 Å². The second-order valence-corrected chi connectivity index (χ2v) is 4.79. The van der Waals surface area contributed by atoms with Crippen LogP contribution in [-0.4, -0.2) is 4.98 Å². The number of aryl methyl sites for hydroxylation is 1. The highest BCUT2D eigenvalue weighted by atomic mass is 35.5. The molecule has 1 aromatic carbocycles. The van der Waals surface area contributed by atoms with Gasteiger partial charge in [0.1, 0.15) is 0 Å². The van der Waals surface area contributed by atoms with E-state index in [-0.39, 0.29) is 6.04 Å². The minimum absolute atomic E-state index is 0.00999. The SMILES string of the molecule is NC(CCCc1ccccc1)c1ccncc1Cl. The van der Waals surface area contributed by atoms with Crippen molar-refractivity contribution >= 4 is 11.6 Å². The van der Waals surface area contributed by atoms with E-state index in [0.717, 1.165) is 24.8 Å². The zero-order chi connectivity index (χ0) is 12.8. The molecule has 3 heteroatoms. The number of pyridine rings is 1. The first kappa shape index (κ1) is 13.1. The van der Waals surface area contributed by atoms with Gasteiger partial charge in [-0.2, -0.15) is 0 Å². The molecule has 0 aliphatic rings. The maximum atomic E-state index is 6.15. The van der Waals surface area contributed by atoms with Gasteiger partial charge in [-0.3, -0.25) is 4.98 Å². The Morgan fingerprint density at radius 1 is 1.17 bits per heavy atom. The molecule has 0 bridgehead atoms. The number of nitrogens with two attached hydrogens (primary N) is 1. The Labute approximate surface area is 113 Å². The standard InChI is InChI=1S/C15H17ClN2/c16-14-11-18-10-9-13(14)15(17)8-4-7-12-5-2-1-3-6-12/h1-3,5-6,9-11,15H,4,7-8,17H2. The minimum atomic E-state index is -0.00999. The summed E-state index contributed by atoms with van der Waals surface area (Å²) in [6.45, 7) is 0. The van der Waals surface area contributed by atoms with Gasteiger partial charge in [-0.15, -0.1) is 0 Å². The fourth-order valence-electron chi connectivity index (χ4n) is 2.01. The second-order valence-electron chi connectivity index (χ2n) is 4.38. The van der Waals surface area contributed by atoms with Gasteiger partial charge in [-0.1, -0.05) is 41.9 Å². The molecular weight excluding hydrogens is 244 g/mol. The molecular formula is C15H17ClN2. The van der Waals surface area contributed by atoms with E-state index in [1.807, 2.05) is 12.1 Å². The van der Waals surface area contributed by atoms with E-state index >= 15 is 0 Å². The second kappa shape index (κ2) is 6.53. The molecule has 1 unspecified atom stereocenters. The van der Waals surface area contributed by atoms with Gasteiger partial charge in [-0.25, -0.2) is 0 Å². The highest BCUT2D eigenvalue weighted by Gasteiger charge is 2.09. The van der Waals surface area contributed by atoms with Gasteiger partial charge >= 0.3 is 0 Å². The van der Waals surface area contributed by atoms with Crippen LogP contribution in [0.3, 0.4) is 0 Å². The first-order valence-corrected chi connectivity index (χ1v) is 6.54. The van der Waals surface area contributed by atoms with E-state index in [0.29, 0.717) is 5.02 Å². The van der Waals surface area contributed by atoms with Crippen molar-refractivity contribution in [2.75, 3.05) is 0 Å². The molecule has 2 N–H and O–H groups in total. The number of hydrogen-bond acceptors (Lipinski definition) is 2. The van der Waals surface area contributed by atoms with Crippen LogP contribution in [0, 0.1) is 0 Å². The molecule has 0 aliphatic carbocycles. The van der Waals surface area contributed by atoms with Crippen LogP contribution in [-0.2, 0) is 6.42 Å². The highest BCUT2D eigenvalue weighted by molar-refractivity contribution is 6.31. The van der Waals surface area contributed by atoms with Crippen LogP contribution in [0.15, 0.2) is 48.8 Å². The third-order valence-corrected chi connectivity index (χ3v) is 3.34. The fourth-order valence-corrected chi connectivity index (χ4v) is 2.27. The summed E-state index contributed by atoms with van der Waals surface area (Å²) in [5.74, 6) is 0. The number of nitrogens with zero attached hydrogens (tertiary/aromatic N) is 1. The summed E-state index contributed by atoms with van der Waals surface area (Å²) in [5, 5.41) is 0.657. The molecule has 1 heterocycles. The first-order chi connectivity index (χ1) is 8.77.